The number of hydrogen-bond acceptors (Lipinski definition) is 4. The Morgan fingerprint density at radius 3 is 2.38 bits per heavy atom. The summed E-state index contributed by atoms with van der Waals surface area (Å²) >= 11 is 0. The minimum atomic E-state index is -4.52. The second-order valence-electron chi connectivity index (χ2n) is 7.95. The van der Waals surface area contributed by atoms with Crippen LogP contribution >= 0.6 is 0 Å². The van der Waals surface area contributed by atoms with E-state index in [0.29, 0.717) is 17.0 Å². The van der Waals surface area contributed by atoms with Gasteiger partial charge in [-0.3, -0.25) is 4.79 Å². The van der Waals surface area contributed by atoms with Gasteiger partial charge in [0.25, 0.3) is 5.91 Å². The smallest absolute Gasteiger partial charge is 0.410 e. The summed E-state index contributed by atoms with van der Waals surface area (Å²) in [5, 5.41) is 9.81. The highest BCUT2D eigenvalue weighted by atomic mass is 19.4. The lowest BCUT2D eigenvalue weighted by molar-refractivity contribution is -0.173. The number of rotatable bonds is 4. The number of anilines is 2. The lowest BCUT2D eigenvalue weighted by Crippen LogP contribution is -2.35. The molecule has 2 aromatic carbocycles. The van der Waals surface area contributed by atoms with Crippen molar-refractivity contribution < 1.29 is 22.7 Å². The molecule has 2 atom stereocenters. The topological polar surface area (TPSA) is 68.2 Å². The number of hydrogen-bond donors (Lipinski definition) is 2. The highest BCUT2D eigenvalue weighted by Crippen LogP contribution is 2.43. The Morgan fingerprint density at radius 2 is 1.78 bits per heavy atom. The molecule has 6 nitrogen and oxygen atoms in total. The van der Waals surface area contributed by atoms with Gasteiger partial charge in [-0.15, -0.1) is 0 Å². The number of ether oxygens (including phenoxy) is 1. The number of fused-ring (bicyclic) bond motifs is 1. The molecule has 0 radical (unpaired) electrons. The third-order valence-electron chi connectivity index (χ3n) is 5.42. The monoisotopic (exact) mass is 444 g/mol. The summed E-state index contributed by atoms with van der Waals surface area (Å²) in [6.45, 7) is 3.80. The first kappa shape index (κ1) is 21.7. The zero-order chi connectivity index (χ0) is 23.0. The van der Waals surface area contributed by atoms with E-state index in [0.717, 1.165) is 15.8 Å². The minimum absolute atomic E-state index is 0.0868. The van der Waals surface area contributed by atoms with Crippen molar-refractivity contribution in [3.63, 3.8) is 0 Å². The molecule has 2 N–H and O–H groups in total. The predicted octanol–water partition coefficient (Wildman–Crippen LogP) is 5.42. The molecule has 0 saturated carbocycles. The van der Waals surface area contributed by atoms with E-state index >= 15 is 0 Å². The number of aryl methyl sites for hydroxylation is 2. The van der Waals surface area contributed by atoms with Gasteiger partial charge in [-0.1, -0.05) is 18.2 Å². The molecule has 32 heavy (non-hydrogen) atoms. The molecule has 168 valence electrons. The summed E-state index contributed by atoms with van der Waals surface area (Å²) in [5.41, 5.74) is 3.09. The van der Waals surface area contributed by atoms with Crippen molar-refractivity contribution in [2.75, 3.05) is 17.7 Å². The molecule has 0 spiro atoms. The number of carbonyl (C=O) groups is 1. The summed E-state index contributed by atoms with van der Waals surface area (Å²) in [4.78, 5) is 12.7. The Kier molecular flexibility index (Phi) is 5.58. The van der Waals surface area contributed by atoms with Crippen LogP contribution in [-0.4, -0.2) is 29.0 Å². The number of aromatic nitrogens is 2. The van der Waals surface area contributed by atoms with Gasteiger partial charge in [0.15, 0.2) is 11.7 Å². The molecular formula is C23H23F3N4O2. The summed E-state index contributed by atoms with van der Waals surface area (Å²) in [6.07, 6.45) is -4.77. The van der Waals surface area contributed by atoms with Crippen molar-refractivity contribution in [3.8, 4) is 5.75 Å². The van der Waals surface area contributed by atoms with Crippen molar-refractivity contribution >= 4 is 17.4 Å². The van der Waals surface area contributed by atoms with E-state index < -0.39 is 24.2 Å². The fourth-order valence-corrected chi connectivity index (χ4v) is 3.98. The largest absolute Gasteiger partial charge is 0.497 e. The molecule has 2 heterocycles. The van der Waals surface area contributed by atoms with Gasteiger partial charge in [-0.05, 0) is 54.8 Å². The van der Waals surface area contributed by atoms with Crippen LogP contribution in [0, 0.1) is 13.8 Å². The lowest BCUT2D eigenvalue weighted by Gasteiger charge is -2.33. The van der Waals surface area contributed by atoms with Gasteiger partial charge >= 0.3 is 6.18 Å². The van der Waals surface area contributed by atoms with Gasteiger partial charge in [0.1, 0.15) is 11.6 Å². The summed E-state index contributed by atoms with van der Waals surface area (Å²) in [6, 6.07) is 11.3. The van der Waals surface area contributed by atoms with Crippen LogP contribution in [0.15, 0.2) is 48.5 Å². The molecule has 0 bridgehead atoms. The second kappa shape index (κ2) is 8.22. The van der Waals surface area contributed by atoms with Crippen LogP contribution in [0.1, 0.15) is 45.7 Å². The Bertz CT molecular complexity index is 1120. The average molecular weight is 444 g/mol. The number of nitrogens with zero attached hydrogens (tertiary/aromatic N) is 2. The van der Waals surface area contributed by atoms with E-state index in [1.807, 2.05) is 19.9 Å². The van der Waals surface area contributed by atoms with E-state index in [2.05, 4.69) is 15.7 Å². The first-order chi connectivity index (χ1) is 15.1. The first-order valence-electron chi connectivity index (χ1n) is 10.1. The maximum Gasteiger partial charge on any atom is 0.410 e. The normalized spacial score (nSPS) is 17.9. The van der Waals surface area contributed by atoms with Gasteiger partial charge in [0.2, 0.25) is 0 Å². The van der Waals surface area contributed by atoms with Crippen LogP contribution in [0.2, 0.25) is 0 Å². The molecule has 1 aliphatic heterocycles. The third-order valence-corrected chi connectivity index (χ3v) is 5.42. The van der Waals surface area contributed by atoms with Crippen molar-refractivity contribution in [2.24, 2.45) is 0 Å². The maximum absolute atomic E-state index is 13.9. The Labute approximate surface area is 183 Å². The number of halogens is 3. The quantitative estimate of drug-likeness (QED) is 0.564. The van der Waals surface area contributed by atoms with E-state index in [-0.39, 0.29) is 17.9 Å². The van der Waals surface area contributed by atoms with Crippen LogP contribution in [-0.2, 0) is 0 Å². The van der Waals surface area contributed by atoms with Crippen LogP contribution in [0.3, 0.4) is 0 Å². The van der Waals surface area contributed by atoms with E-state index in [9.17, 15) is 18.0 Å². The fraction of sp³-hybridized carbons (Fsp3) is 0.304. The second-order valence-corrected chi connectivity index (χ2v) is 7.95. The van der Waals surface area contributed by atoms with Crippen molar-refractivity contribution in [2.45, 2.75) is 38.5 Å². The van der Waals surface area contributed by atoms with Gasteiger partial charge < -0.3 is 15.4 Å². The molecule has 2 unspecified atom stereocenters. The predicted molar refractivity (Wildman–Crippen MR) is 115 cm³/mol. The highest BCUT2D eigenvalue weighted by molar-refractivity contribution is 6.03. The minimum Gasteiger partial charge on any atom is -0.497 e. The van der Waals surface area contributed by atoms with Gasteiger partial charge in [-0.25, -0.2) is 4.68 Å². The maximum atomic E-state index is 13.9. The Hall–Kier alpha value is -3.49. The molecule has 3 aromatic rings. The lowest BCUT2D eigenvalue weighted by atomic mass is 9.97. The SMILES string of the molecule is COc1ccc(C2CC(C(F)(F)F)n3nc(C(=O)Nc4cc(C)cc(C)c4)cc3N2)cc1. The fourth-order valence-electron chi connectivity index (χ4n) is 3.98. The number of carbonyl (C=O) groups excluding carboxylic acids is 1. The van der Waals surface area contributed by atoms with Gasteiger partial charge in [0.05, 0.1) is 13.2 Å². The molecule has 1 aromatic heterocycles. The summed E-state index contributed by atoms with van der Waals surface area (Å²) in [7, 11) is 1.52. The van der Waals surface area contributed by atoms with Crippen LogP contribution in [0.25, 0.3) is 0 Å². The molecule has 1 amide bonds. The van der Waals surface area contributed by atoms with Crippen molar-refractivity contribution in [3.05, 3.63) is 70.9 Å². The van der Waals surface area contributed by atoms with E-state index in [1.54, 1.807) is 36.4 Å². The Morgan fingerprint density at radius 1 is 1.12 bits per heavy atom. The van der Waals surface area contributed by atoms with Gasteiger partial charge in [0, 0.05) is 18.2 Å². The van der Waals surface area contributed by atoms with Crippen LogP contribution in [0.4, 0.5) is 24.7 Å². The number of alkyl halides is 3. The number of amides is 1. The number of methoxy groups -OCH3 is 1. The highest BCUT2D eigenvalue weighted by Gasteiger charge is 2.46. The van der Waals surface area contributed by atoms with Crippen LogP contribution < -0.4 is 15.4 Å². The molecule has 0 fully saturated rings. The molecule has 0 aliphatic carbocycles. The third kappa shape index (κ3) is 4.42. The molecular weight excluding hydrogens is 421 g/mol. The standard InChI is InChI=1S/C23H23F3N4O2/c1-13-8-14(2)10-16(9-13)27-22(31)19-12-21-28-18(15-4-6-17(32-3)7-5-15)11-20(23(24,25)26)30(21)29-19/h4-10,12,18,20,28H,11H2,1-3H3,(H,27,31). The molecule has 9 heteroatoms. The molecule has 0 saturated heterocycles. The van der Waals surface area contributed by atoms with Gasteiger partial charge in [-0.2, -0.15) is 18.3 Å². The molecule has 4 rings (SSSR count). The number of nitrogens with one attached hydrogen (secondary N) is 2. The van der Waals surface area contributed by atoms with E-state index in [4.69, 9.17) is 4.74 Å². The summed E-state index contributed by atoms with van der Waals surface area (Å²) in [5.74, 6) is 0.193. The summed E-state index contributed by atoms with van der Waals surface area (Å²) < 4.78 is 47.6. The zero-order valence-electron chi connectivity index (χ0n) is 17.8. The van der Waals surface area contributed by atoms with E-state index in [1.165, 1.54) is 13.2 Å². The number of benzene rings is 2. The van der Waals surface area contributed by atoms with Crippen molar-refractivity contribution in [1.29, 1.82) is 0 Å². The Balaban J connectivity index is 1.63. The first-order valence-corrected chi connectivity index (χ1v) is 10.1. The molecule has 1 aliphatic rings. The van der Waals surface area contributed by atoms with Crippen LogP contribution in [0.5, 0.6) is 5.75 Å². The average Bonchev–Trinajstić information content (AvgIpc) is 3.16. The van der Waals surface area contributed by atoms with Crippen molar-refractivity contribution in [1.82, 2.24) is 9.78 Å². The zero-order valence-corrected chi connectivity index (χ0v) is 17.8.